The van der Waals surface area contributed by atoms with Gasteiger partial charge in [-0.25, -0.2) is 9.97 Å². The van der Waals surface area contributed by atoms with Crippen molar-refractivity contribution in [2.24, 2.45) is 0 Å². The summed E-state index contributed by atoms with van der Waals surface area (Å²) in [6.07, 6.45) is 6.29. The molecule has 23 heavy (non-hydrogen) atoms. The van der Waals surface area contributed by atoms with Gasteiger partial charge in [0.25, 0.3) is 0 Å². The molecule has 0 aliphatic carbocycles. The summed E-state index contributed by atoms with van der Waals surface area (Å²) in [5.41, 5.74) is 2.32. The zero-order valence-corrected chi connectivity index (χ0v) is 13.7. The molecule has 0 bridgehead atoms. The average molecular weight is 311 g/mol. The lowest BCUT2D eigenvalue weighted by atomic mass is 10.2. The monoisotopic (exact) mass is 311 g/mol. The van der Waals surface area contributed by atoms with E-state index in [2.05, 4.69) is 42.9 Å². The topological polar surface area (TPSA) is 35.5 Å². The van der Waals surface area contributed by atoms with Crippen molar-refractivity contribution in [2.45, 2.75) is 12.8 Å². The molecule has 0 atom stereocenters. The minimum atomic E-state index is 1.02. The van der Waals surface area contributed by atoms with Crippen molar-refractivity contribution in [1.82, 2.24) is 19.8 Å². The Bertz CT molecular complexity index is 645. The summed E-state index contributed by atoms with van der Waals surface area (Å²) in [7, 11) is 0. The van der Waals surface area contributed by atoms with Crippen LogP contribution in [0.5, 0.6) is 0 Å². The van der Waals surface area contributed by atoms with Gasteiger partial charge < -0.3 is 9.80 Å². The van der Waals surface area contributed by atoms with Gasteiger partial charge in [0.1, 0.15) is 6.33 Å². The van der Waals surface area contributed by atoms with E-state index in [1.165, 1.54) is 44.7 Å². The SMILES string of the molecule is c1ncc2cc(N3CCN(CCN4CCCC4)CC3)ccc2n1. The standard InChI is InChI=1S/C18H25N5/c1-2-6-21(5-1)7-8-22-9-11-23(12-10-22)17-3-4-18-16(13-17)14-19-15-20-18/h3-4,13-15H,1-2,5-12H2. The van der Waals surface area contributed by atoms with Crippen molar-refractivity contribution in [3.63, 3.8) is 0 Å². The molecule has 5 nitrogen and oxygen atoms in total. The molecule has 0 saturated carbocycles. The number of rotatable bonds is 4. The van der Waals surface area contributed by atoms with E-state index in [1.54, 1.807) is 6.33 Å². The molecular formula is C18H25N5. The van der Waals surface area contributed by atoms with Gasteiger partial charge in [0, 0.05) is 56.5 Å². The summed E-state index contributed by atoms with van der Waals surface area (Å²) in [4.78, 5) is 16.1. The van der Waals surface area contributed by atoms with Gasteiger partial charge in [0.2, 0.25) is 0 Å². The molecular weight excluding hydrogens is 286 g/mol. The number of fused-ring (bicyclic) bond motifs is 1. The first kappa shape index (κ1) is 14.8. The van der Waals surface area contributed by atoms with Gasteiger partial charge in [-0.1, -0.05) is 0 Å². The Morgan fingerprint density at radius 2 is 1.61 bits per heavy atom. The first-order valence-electron chi connectivity index (χ1n) is 8.78. The Hall–Kier alpha value is -1.72. The Kier molecular flexibility index (Phi) is 4.39. The highest BCUT2D eigenvalue weighted by Crippen LogP contribution is 2.21. The summed E-state index contributed by atoms with van der Waals surface area (Å²) < 4.78 is 0. The van der Waals surface area contributed by atoms with Crippen molar-refractivity contribution in [2.75, 3.05) is 57.3 Å². The Balaban J connectivity index is 1.33. The van der Waals surface area contributed by atoms with E-state index in [9.17, 15) is 0 Å². The molecule has 0 unspecified atom stereocenters. The smallest absolute Gasteiger partial charge is 0.116 e. The molecule has 2 saturated heterocycles. The predicted molar refractivity (Wildman–Crippen MR) is 93.9 cm³/mol. The van der Waals surface area contributed by atoms with Gasteiger partial charge in [-0.2, -0.15) is 0 Å². The zero-order valence-electron chi connectivity index (χ0n) is 13.7. The van der Waals surface area contributed by atoms with Crippen LogP contribution in [0, 0.1) is 0 Å². The van der Waals surface area contributed by atoms with Gasteiger partial charge in [0.05, 0.1) is 5.52 Å². The van der Waals surface area contributed by atoms with Crippen molar-refractivity contribution in [3.8, 4) is 0 Å². The van der Waals surface area contributed by atoms with Crippen molar-refractivity contribution >= 4 is 16.6 Å². The van der Waals surface area contributed by atoms with Gasteiger partial charge >= 0.3 is 0 Å². The molecule has 0 radical (unpaired) electrons. The highest BCUT2D eigenvalue weighted by atomic mass is 15.3. The van der Waals surface area contributed by atoms with Gasteiger partial charge in [-0.15, -0.1) is 0 Å². The number of anilines is 1. The lowest BCUT2D eigenvalue weighted by Gasteiger charge is -2.36. The van der Waals surface area contributed by atoms with Crippen molar-refractivity contribution in [1.29, 1.82) is 0 Å². The first-order chi connectivity index (χ1) is 11.4. The van der Waals surface area contributed by atoms with Crippen molar-refractivity contribution in [3.05, 3.63) is 30.7 Å². The van der Waals surface area contributed by atoms with E-state index in [0.29, 0.717) is 0 Å². The molecule has 1 aromatic carbocycles. The van der Waals surface area contributed by atoms with Crippen LogP contribution in [0.4, 0.5) is 5.69 Å². The van der Waals surface area contributed by atoms with E-state index in [1.807, 2.05) is 6.20 Å². The van der Waals surface area contributed by atoms with Crippen LogP contribution < -0.4 is 4.90 Å². The number of likely N-dealkylation sites (tertiary alicyclic amines) is 1. The normalized spacial score (nSPS) is 20.4. The second kappa shape index (κ2) is 6.81. The molecule has 1 aromatic heterocycles. The minimum absolute atomic E-state index is 1.02. The molecule has 5 heteroatoms. The Morgan fingerprint density at radius 1 is 0.870 bits per heavy atom. The highest BCUT2D eigenvalue weighted by molar-refractivity contribution is 5.81. The van der Waals surface area contributed by atoms with E-state index in [-0.39, 0.29) is 0 Å². The lowest BCUT2D eigenvalue weighted by molar-refractivity contribution is 0.215. The summed E-state index contributed by atoms with van der Waals surface area (Å²) in [5, 5.41) is 1.13. The largest absolute Gasteiger partial charge is 0.369 e. The molecule has 0 amide bonds. The maximum absolute atomic E-state index is 4.30. The maximum Gasteiger partial charge on any atom is 0.116 e. The van der Waals surface area contributed by atoms with E-state index >= 15 is 0 Å². The lowest BCUT2D eigenvalue weighted by Crippen LogP contribution is -2.48. The highest BCUT2D eigenvalue weighted by Gasteiger charge is 2.19. The van der Waals surface area contributed by atoms with Crippen LogP contribution in [0.25, 0.3) is 10.9 Å². The number of benzene rings is 1. The number of hydrogen-bond donors (Lipinski definition) is 0. The third-order valence-electron chi connectivity index (χ3n) is 5.16. The van der Waals surface area contributed by atoms with Gasteiger partial charge in [-0.05, 0) is 44.1 Å². The molecule has 2 aliphatic heterocycles. The molecule has 4 rings (SSSR count). The van der Waals surface area contributed by atoms with Crippen LogP contribution in [0.2, 0.25) is 0 Å². The number of aromatic nitrogens is 2. The summed E-state index contributed by atoms with van der Waals surface area (Å²) >= 11 is 0. The molecule has 122 valence electrons. The number of nitrogens with zero attached hydrogens (tertiary/aromatic N) is 5. The minimum Gasteiger partial charge on any atom is -0.369 e. The van der Waals surface area contributed by atoms with Crippen LogP contribution in [-0.2, 0) is 0 Å². The van der Waals surface area contributed by atoms with Crippen LogP contribution in [-0.4, -0.2) is 72.1 Å². The van der Waals surface area contributed by atoms with Gasteiger partial charge in [0.15, 0.2) is 0 Å². The fourth-order valence-electron chi connectivity index (χ4n) is 3.69. The second-order valence-electron chi connectivity index (χ2n) is 6.64. The fraction of sp³-hybridized carbons (Fsp3) is 0.556. The summed E-state index contributed by atoms with van der Waals surface area (Å²) in [6, 6.07) is 6.51. The molecule has 3 heterocycles. The van der Waals surface area contributed by atoms with Gasteiger partial charge in [-0.3, -0.25) is 4.90 Å². The molecule has 0 N–H and O–H groups in total. The molecule has 2 aliphatic rings. The third kappa shape index (κ3) is 3.46. The number of hydrogen-bond acceptors (Lipinski definition) is 5. The van der Waals surface area contributed by atoms with Crippen LogP contribution in [0.1, 0.15) is 12.8 Å². The Morgan fingerprint density at radius 3 is 2.39 bits per heavy atom. The van der Waals surface area contributed by atoms with Crippen LogP contribution in [0.15, 0.2) is 30.7 Å². The molecule has 0 spiro atoms. The summed E-state index contributed by atoms with van der Waals surface area (Å²) in [6.45, 7) is 9.62. The quantitative estimate of drug-likeness (QED) is 0.861. The van der Waals surface area contributed by atoms with E-state index < -0.39 is 0 Å². The Labute approximate surface area is 137 Å². The zero-order chi connectivity index (χ0) is 15.5. The fourth-order valence-corrected chi connectivity index (χ4v) is 3.69. The second-order valence-corrected chi connectivity index (χ2v) is 6.64. The van der Waals surface area contributed by atoms with E-state index in [4.69, 9.17) is 0 Å². The van der Waals surface area contributed by atoms with E-state index in [0.717, 1.165) is 37.1 Å². The molecule has 2 aromatic rings. The predicted octanol–water partition coefficient (Wildman–Crippen LogP) is 1.85. The maximum atomic E-state index is 4.30. The third-order valence-corrected chi connectivity index (χ3v) is 5.16. The van der Waals surface area contributed by atoms with Crippen molar-refractivity contribution < 1.29 is 0 Å². The summed E-state index contributed by atoms with van der Waals surface area (Å²) in [5.74, 6) is 0. The molecule has 2 fully saturated rings. The van der Waals surface area contributed by atoms with Crippen LogP contribution >= 0.6 is 0 Å². The van der Waals surface area contributed by atoms with Crippen LogP contribution in [0.3, 0.4) is 0 Å². The average Bonchev–Trinajstić information content (AvgIpc) is 3.14. The first-order valence-corrected chi connectivity index (χ1v) is 8.78. The number of piperazine rings is 1.